The highest BCUT2D eigenvalue weighted by atomic mass is 16.5. The number of amides is 1. The number of hydrogen-bond acceptors (Lipinski definition) is 5. The molecule has 6 heteroatoms. The molecule has 154 valence electrons. The van der Waals surface area contributed by atoms with Crippen molar-refractivity contribution in [3.05, 3.63) is 35.7 Å². The predicted molar refractivity (Wildman–Crippen MR) is 112 cm³/mol. The summed E-state index contributed by atoms with van der Waals surface area (Å²) in [6, 6.07) is 7.75. The summed E-state index contributed by atoms with van der Waals surface area (Å²) < 4.78 is 5.19. The Morgan fingerprint density at radius 1 is 1.07 bits per heavy atom. The Morgan fingerprint density at radius 2 is 1.71 bits per heavy atom. The third-order valence-corrected chi connectivity index (χ3v) is 4.83. The maximum Gasteiger partial charge on any atom is 0.246 e. The number of hydrogen-bond donors (Lipinski definition) is 2. The van der Waals surface area contributed by atoms with Gasteiger partial charge in [0.05, 0.1) is 12.6 Å². The molecule has 2 rings (SSSR count). The van der Waals surface area contributed by atoms with Crippen LogP contribution in [-0.2, 0) is 17.8 Å². The van der Waals surface area contributed by atoms with Gasteiger partial charge in [0.1, 0.15) is 0 Å². The first-order chi connectivity index (χ1) is 13.6. The summed E-state index contributed by atoms with van der Waals surface area (Å²) in [6.45, 7) is 4.07. The normalized spacial score (nSPS) is 12.1. The van der Waals surface area contributed by atoms with Gasteiger partial charge in [0, 0.05) is 5.56 Å². The predicted octanol–water partition coefficient (Wildman–Crippen LogP) is 4.38. The van der Waals surface area contributed by atoms with E-state index in [9.17, 15) is 4.79 Å². The maximum absolute atomic E-state index is 11.5. The van der Waals surface area contributed by atoms with E-state index in [4.69, 9.17) is 10.3 Å². The first-order valence-corrected chi connectivity index (χ1v) is 10.6. The van der Waals surface area contributed by atoms with Crippen molar-refractivity contribution < 1.29 is 9.32 Å². The number of unbranched alkanes of at least 4 members (excludes halogenated alkanes) is 7. The number of aromatic nitrogens is 2. The van der Waals surface area contributed by atoms with E-state index in [1.165, 1.54) is 56.9 Å². The molecule has 0 aliphatic heterocycles. The van der Waals surface area contributed by atoms with E-state index in [-0.39, 0.29) is 12.5 Å². The van der Waals surface area contributed by atoms with Gasteiger partial charge in [-0.15, -0.1) is 0 Å². The quantitative estimate of drug-likeness (QED) is 0.498. The van der Waals surface area contributed by atoms with Gasteiger partial charge in [-0.1, -0.05) is 81.3 Å². The van der Waals surface area contributed by atoms with Crippen LogP contribution in [0, 0.1) is 0 Å². The lowest BCUT2D eigenvalue weighted by molar-refractivity contribution is -0.122. The third kappa shape index (κ3) is 7.80. The van der Waals surface area contributed by atoms with Crippen LogP contribution in [0.2, 0.25) is 0 Å². The minimum atomic E-state index is -0.559. The number of nitrogens with one attached hydrogen (secondary N) is 1. The molecular formula is C22H34N4O2. The zero-order chi connectivity index (χ0) is 20.2. The second kappa shape index (κ2) is 12.3. The van der Waals surface area contributed by atoms with Crippen molar-refractivity contribution in [1.82, 2.24) is 15.5 Å². The second-order valence-electron chi connectivity index (χ2n) is 7.44. The molecule has 3 N–H and O–H groups in total. The monoisotopic (exact) mass is 386 g/mol. The Labute approximate surface area is 168 Å². The Bertz CT molecular complexity index is 695. The zero-order valence-electron chi connectivity index (χ0n) is 17.2. The SMILES string of the molecule is CCCCCCCCCCc1ccc(-c2noc(CNC(=O)[C@H](C)N)n2)cc1. The molecule has 0 aliphatic rings. The second-order valence-corrected chi connectivity index (χ2v) is 7.44. The van der Waals surface area contributed by atoms with Crippen molar-refractivity contribution in [2.75, 3.05) is 0 Å². The number of carbonyl (C=O) groups excluding carboxylic acids is 1. The van der Waals surface area contributed by atoms with E-state index in [0.29, 0.717) is 11.7 Å². The van der Waals surface area contributed by atoms with Crippen LogP contribution in [0.15, 0.2) is 28.8 Å². The zero-order valence-corrected chi connectivity index (χ0v) is 17.2. The molecule has 0 saturated carbocycles. The van der Waals surface area contributed by atoms with Gasteiger partial charge in [0.25, 0.3) is 0 Å². The summed E-state index contributed by atoms with van der Waals surface area (Å²) in [5.41, 5.74) is 7.75. The molecule has 2 aromatic rings. The summed E-state index contributed by atoms with van der Waals surface area (Å²) in [4.78, 5) is 15.8. The van der Waals surface area contributed by atoms with Crippen LogP contribution in [0.3, 0.4) is 0 Å². The van der Waals surface area contributed by atoms with Crippen LogP contribution in [-0.4, -0.2) is 22.1 Å². The van der Waals surface area contributed by atoms with E-state index in [2.05, 4.69) is 34.5 Å². The van der Waals surface area contributed by atoms with Crippen molar-refractivity contribution in [1.29, 1.82) is 0 Å². The average molecular weight is 387 g/mol. The van der Waals surface area contributed by atoms with Gasteiger partial charge >= 0.3 is 0 Å². The summed E-state index contributed by atoms with van der Waals surface area (Å²) in [7, 11) is 0. The first-order valence-electron chi connectivity index (χ1n) is 10.6. The molecule has 0 bridgehead atoms. The molecule has 0 spiro atoms. The summed E-state index contributed by atoms with van der Waals surface area (Å²) in [6.07, 6.45) is 11.8. The number of nitrogens with two attached hydrogens (primary N) is 1. The van der Waals surface area contributed by atoms with Crippen LogP contribution in [0.1, 0.15) is 76.7 Å². The lowest BCUT2D eigenvalue weighted by atomic mass is 10.0. The van der Waals surface area contributed by atoms with E-state index < -0.39 is 6.04 Å². The Kier molecular flexibility index (Phi) is 9.69. The molecule has 6 nitrogen and oxygen atoms in total. The third-order valence-electron chi connectivity index (χ3n) is 4.83. The number of benzene rings is 1. The van der Waals surface area contributed by atoms with Gasteiger partial charge in [-0.3, -0.25) is 4.79 Å². The van der Waals surface area contributed by atoms with Gasteiger partial charge in [-0.05, 0) is 25.3 Å². The van der Waals surface area contributed by atoms with Crippen LogP contribution in [0.25, 0.3) is 11.4 Å². The molecule has 1 aromatic heterocycles. The fourth-order valence-electron chi connectivity index (χ4n) is 3.05. The van der Waals surface area contributed by atoms with Crippen molar-refractivity contribution in [3.8, 4) is 11.4 Å². The molecule has 1 aromatic carbocycles. The Balaban J connectivity index is 1.71. The fraction of sp³-hybridized carbons (Fsp3) is 0.591. The highest BCUT2D eigenvalue weighted by Gasteiger charge is 2.11. The van der Waals surface area contributed by atoms with E-state index in [1.807, 2.05) is 12.1 Å². The molecule has 0 unspecified atom stereocenters. The smallest absolute Gasteiger partial charge is 0.246 e. The summed E-state index contributed by atoms with van der Waals surface area (Å²) in [5.74, 6) is 0.653. The molecule has 0 radical (unpaired) electrons. The molecule has 1 amide bonds. The van der Waals surface area contributed by atoms with Gasteiger partial charge in [0.15, 0.2) is 0 Å². The van der Waals surface area contributed by atoms with E-state index in [0.717, 1.165) is 12.0 Å². The molecule has 0 saturated heterocycles. The van der Waals surface area contributed by atoms with Gasteiger partial charge < -0.3 is 15.6 Å². The lowest BCUT2D eigenvalue weighted by Gasteiger charge is -2.04. The van der Waals surface area contributed by atoms with Crippen molar-refractivity contribution in [3.63, 3.8) is 0 Å². The van der Waals surface area contributed by atoms with Crippen molar-refractivity contribution in [2.24, 2.45) is 5.73 Å². The number of rotatable bonds is 13. The number of nitrogens with zero attached hydrogens (tertiary/aromatic N) is 2. The van der Waals surface area contributed by atoms with E-state index in [1.54, 1.807) is 6.92 Å². The summed E-state index contributed by atoms with van der Waals surface area (Å²) >= 11 is 0. The topological polar surface area (TPSA) is 94.0 Å². The fourth-order valence-corrected chi connectivity index (χ4v) is 3.05. The van der Waals surface area contributed by atoms with Crippen LogP contribution < -0.4 is 11.1 Å². The molecule has 1 atom stereocenters. The van der Waals surface area contributed by atoms with Crippen molar-refractivity contribution in [2.45, 2.75) is 84.2 Å². The van der Waals surface area contributed by atoms with Crippen LogP contribution in [0.4, 0.5) is 0 Å². The van der Waals surface area contributed by atoms with Gasteiger partial charge in [0.2, 0.25) is 17.6 Å². The highest BCUT2D eigenvalue weighted by Crippen LogP contribution is 2.18. The molecule has 28 heavy (non-hydrogen) atoms. The molecule has 0 fully saturated rings. The highest BCUT2D eigenvalue weighted by molar-refractivity contribution is 5.80. The molecule has 1 heterocycles. The first kappa shape index (κ1) is 22.1. The van der Waals surface area contributed by atoms with E-state index >= 15 is 0 Å². The van der Waals surface area contributed by atoms with Crippen LogP contribution >= 0.6 is 0 Å². The minimum Gasteiger partial charge on any atom is -0.346 e. The van der Waals surface area contributed by atoms with Gasteiger partial charge in [-0.25, -0.2) is 0 Å². The van der Waals surface area contributed by atoms with Crippen molar-refractivity contribution >= 4 is 5.91 Å². The number of carbonyl (C=O) groups is 1. The molecular weight excluding hydrogens is 352 g/mol. The largest absolute Gasteiger partial charge is 0.346 e. The summed E-state index contributed by atoms with van der Waals surface area (Å²) in [5, 5.41) is 6.65. The average Bonchev–Trinajstić information content (AvgIpc) is 3.17. The van der Waals surface area contributed by atoms with Gasteiger partial charge in [-0.2, -0.15) is 4.98 Å². The minimum absolute atomic E-state index is 0.184. The lowest BCUT2D eigenvalue weighted by Crippen LogP contribution is -2.37. The Hall–Kier alpha value is -2.21. The molecule has 0 aliphatic carbocycles. The number of aryl methyl sites for hydroxylation is 1. The van der Waals surface area contributed by atoms with Crippen LogP contribution in [0.5, 0.6) is 0 Å². The standard InChI is InChI=1S/C22H34N4O2/c1-3-4-5-6-7-8-9-10-11-18-12-14-19(15-13-18)21-25-20(28-26-21)16-24-22(27)17(2)23/h12-15,17H,3-11,16,23H2,1-2H3,(H,24,27)/t17-/m0/s1. The maximum atomic E-state index is 11.5. The Morgan fingerprint density at radius 3 is 2.36 bits per heavy atom.